The number of Topliss-reactive ketones (excluding diaryl/α,β-unsaturated/α-hetero) is 1. The molecule has 0 saturated carbocycles. The summed E-state index contributed by atoms with van der Waals surface area (Å²) in [5.41, 5.74) is 1.14. The number of terminal acetylenes is 1. The van der Waals surface area contributed by atoms with Crippen molar-refractivity contribution in [3.05, 3.63) is 53.4 Å². The lowest BCUT2D eigenvalue weighted by atomic mass is 10.0. The standard InChI is InChI=1S/C22H23FN2O2/c1-4-7-21(25)15(2)8-5-6-9-18(26)12-10-17-11-13-20(23)19(14-17)22(27)16(3)24/h1,10-14,24-25H,2,5-9H2,3H3. The van der Waals surface area contributed by atoms with Gasteiger partial charge in [-0.05, 0) is 55.5 Å². The van der Waals surface area contributed by atoms with Crippen LogP contribution in [0.3, 0.4) is 0 Å². The van der Waals surface area contributed by atoms with Crippen molar-refractivity contribution < 1.29 is 14.0 Å². The summed E-state index contributed by atoms with van der Waals surface area (Å²) in [6.45, 7) is 5.12. The highest BCUT2D eigenvalue weighted by Gasteiger charge is 2.13. The van der Waals surface area contributed by atoms with Gasteiger partial charge in [0, 0.05) is 12.1 Å². The van der Waals surface area contributed by atoms with Gasteiger partial charge in [-0.15, -0.1) is 12.3 Å². The van der Waals surface area contributed by atoms with Crippen molar-refractivity contribution in [1.82, 2.24) is 0 Å². The van der Waals surface area contributed by atoms with Gasteiger partial charge in [0.15, 0.2) is 5.78 Å². The summed E-state index contributed by atoms with van der Waals surface area (Å²) in [5, 5.41) is 15.0. The van der Waals surface area contributed by atoms with Gasteiger partial charge in [-0.2, -0.15) is 0 Å². The molecule has 5 heteroatoms. The highest BCUT2D eigenvalue weighted by Crippen LogP contribution is 2.14. The Morgan fingerprint density at radius 1 is 1.26 bits per heavy atom. The second-order valence-electron chi connectivity index (χ2n) is 6.16. The molecule has 1 aromatic carbocycles. The van der Waals surface area contributed by atoms with Crippen molar-refractivity contribution in [2.24, 2.45) is 0 Å². The lowest BCUT2D eigenvalue weighted by molar-refractivity contribution is -0.114. The van der Waals surface area contributed by atoms with Crippen LogP contribution in [0.5, 0.6) is 0 Å². The van der Waals surface area contributed by atoms with E-state index in [0.29, 0.717) is 36.1 Å². The fourth-order valence-corrected chi connectivity index (χ4v) is 2.31. The Balaban J connectivity index is 2.55. The summed E-state index contributed by atoms with van der Waals surface area (Å²) in [6.07, 6.45) is 10.7. The molecule has 0 amide bonds. The average Bonchev–Trinajstić information content (AvgIpc) is 2.63. The maximum absolute atomic E-state index is 13.7. The zero-order valence-electron chi connectivity index (χ0n) is 15.4. The highest BCUT2D eigenvalue weighted by atomic mass is 19.1. The van der Waals surface area contributed by atoms with Crippen molar-refractivity contribution in [3.63, 3.8) is 0 Å². The molecule has 0 aliphatic rings. The second kappa shape index (κ2) is 10.8. The number of halogens is 1. The molecule has 4 nitrogen and oxygen atoms in total. The quantitative estimate of drug-likeness (QED) is 0.194. The summed E-state index contributed by atoms with van der Waals surface area (Å²) in [5.74, 6) is 0.956. The number of ketones is 2. The summed E-state index contributed by atoms with van der Waals surface area (Å²) in [6, 6.07) is 3.95. The Morgan fingerprint density at radius 2 is 1.93 bits per heavy atom. The molecule has 0 saturated heterocycles. The summed E-state index contributed by atoms with van der Waals surface area (Å²) in [7, 11) is 0. The van der Waals surface area contributed by atoms with Crippen LogP contribution < -0.4 is 0 Å². The fourth-order valence-electron chi connectivity index (χ4n) is 2.31. The average molecular weight is 366 g/mol. The van der Waals surface area contributed by atoms with Crippen molar-refractivity contribution in [2.75, 3.05) is 0 Å². The summed E-state index contributed by atoms with van der Waals surface area (Å²) >= 11 is 0. The van der Waals surface area contributed by atoms with E-state index in [-0.39, 0.29) is 23.5 Å². The van der Waals surface area contributed by atoms with E-state index in [9.17, 15) is 14.0 Å². The first-order chi connectivity index (χ1) is 12.8. The monoisotopic (exact) mass is 366 g/mol. The number of hydrogen-bond donors (Lipinski definition) is 2. The molecule has 1 rings (SSSR count). The molecule has 27 heavy (non-hydrogen) atoms. The van der Waals surface area contributed by atoms with E-state index in [1.807, 2.05) is 0 Å². The zero-order valence-corrected chi connectivity index (χ0v) is 15.4. The molecular formula is C22H23FN2O2. The SMILES string of the molecule is C#CCC(=N)C(=C)CCCCC(=O)C=Cc1ccc(F)c(C(=O)C(C)=N)c1. The molecular weight excluding hydrogens is 343 g/mol. The Hall–Kier alpha value is -3.13. The second-order valence-corrected chi connectivity index (χ2v) is 6.16. The van der Waals surface area contributed by atoms with Crippen molar-refractivity contribution in [2.45, 2.75) is 39.0 Å². The first-order valence-electron chi connectivity index (χ1n) is 8.55. The van der Waals surface area contributed by atoms with Crippen LogP contribution in [0.15, 0.2) is 36.4 Å². The number of unbranched alkanes of at least 4 members (excludes halogenated alkanes) is 1. The Bertz CT molecular complexity index is 844. The van der Waals surface area contributed by atoms with E-state index in [0.717, 1.165) is 12.5 Å². The number of carbonyl (C=O) groups excluding carboxylic acids is 2. The molecule has 0 bridgehead atoms. The first-order valence-corrected chi connectivity index (χ1v) is 8.55. The van der Waals surface area contributed by atoms with E-state index < -0.39 is 11.6 Å². The number of hydrogen-bond acceptors (Lipinski definition) is 4. The van der Waals surface area contributed by atoms with Crippen LogP contribution in [0.25, 0.3) is 6.08 Å². The van der Waals surface area contributed by atoms with Gasteiger partial charge in [-0.1, -0.05) is 18.7 Å². The van der Waals surface area contributed by atoms with Crippen molar-refractivity contribution in [3.8, 4) is 12.3 Å². The predicted octanol–water partition coefficient (Wildman–Crippen LogP) is 4.79. The molecule has 0 unspecified atom stereocenters. The van der Waals surface area contributed by atoms with Crippen molar-refractivity contribution in [1.29, 1.82) is 10.8 Å². The number of nitrogens with one attached hydrogen (secondary N) is 2. The van der Waals surface area contributed by atoms with Gasteiger partial charge in [0.2, 0.25) is 5.78 Å². The Labute approximate surface area is 159 Å². The van der Waals surface area contributed by atoms with Gasteiger partial charge in [0.05, 0.1) is 17.7 Å². The summed E-state index contributed by atoms with van der Waals surface area (Å²) in [4.78, 5) is 23.7. The molecule has 1 aromatic rings. The van der Waals surface area contributed by atoms with Gasteiger partial charge in [-0.3, -0.25) is 9.59 Å². The number of rotatable bonds is 11. The minimum atomic E-state index is -0.689. The molecule has 0 aromatic heterocycles. The number of benzene rings is 1. The molecule has 0 heterocycles. The molecule has 0 aliphatic heterocycles. The van der Waals surface area contributed by atoms with E-state index >= 15 is 0 Å². The fraction of sp³-hybridized carbons (Fsp3) is 0.273. The molecule has 0 fully saturated rings. The molecule has 2 N–H and O–H groups in total. The molecule has 0 radical (unpaired) electrons. The van der Waals surface area contributed by atoms with Gasteiger partial charge >= 0.3 is 0 Å². The van der Waals surface area contributed by atoms with Crippen molar-refractivity contribution >= 4 is 29.1 Å². The van der Waals surface area contributed by atoms with Gasteiger partial charge in [-0.25, -0.2) is 4.39 Å². The normalized spacial score (nSPS) is 10.4. The Morgan fingerprint density at radius 3 is 2.56 bits per heavy atom. The molecule has 0 atom stereocenters. The van der Waals surface area contributed by atoms with E-state index in [1.54, 1.807) is 0 Å². The number of carbonyl (C=O) groups is 2. The third-order valence-electron chi connectivity index (χ3n) is 3.89. The molecule has 140 valence electrons. The van der Waals surface area contributed by atoms with Crippen LogP contribution in [-0.2, 0) is 4.79 Å². The smallest absolute Gasteiger partial charge is 0.209 e. The largest absolute Gasteiger partial charge is 0.304 e. The lowest BCUT2D eigenvalue weighted by Crippen LogP contribution is -2.11. The highest BCUT2D eigenvalue weighted by molar-refractivity contribution is 6.44. The van der Waals surface area contributed by atoms with Crippen LogP contribution >= 0.6 is 0 Å². The van der Waals surface area contributed by atoms with Crippen LogP contribution in [0.2, 0.25) is 0 Å². The third-order valence-corrected chi connectivity index (χ3v) is 3.89. The molecule has 0 spiro atoms. The minimum Gasteiger partial charge on any atom is -0.304 e. The van der Waals surface area contributed by atoms with E-state index in [2.05, 4.69) is 12.5 Å². The number of allylic oxidation sites excluding steroid dienone is 2. The maximum atomic E-state index is 13.7. The topological polar surface area (TPSA) is 81.8 Å². The van der Waals surface area contributed by atoms with Crippen LogP contribution in [0.4, 0.5) is 4.39 Å². The third kappa shape index (κ3) is 7.33. The zero-order chi connectivity index (χ0) is 20.4. The maximum Gasteiger partial charge on any atom is 0.209 e. The Kier molecular flexibility index (Phi) is 8.74. The van der Waals surface area contributed by atoms with Gasteiger partial charge in [0.1, 0.15) is 5.82 Å². The summed E-state index contributed by atoms with van der Waals surface area (Å²) < 4.78 is 13.7. The van der Waals surface area contributed by atoms with Crippen LogP contribution in [0.1, 0.15) is 54.9 Å². The molecule has 0 aliphatic carbocycles. The van der Waals surface area contributed by atoms with Crippen LogP contribution in [-0.4, -0.2) is 23.0 Å². The predicted molar refractivity (Wildman–Crippen MR) is 107 cm³/mol. The first kappa shape index (κ1) is 21.9. The van der Waals surface area contributed by atoms with Gasteiger partial charge in [0.25, 0.3) is 0 Å². The van der Waals surface area contributed by atoms with Crippen LogP contribution in [0, 0.1) is 29.0 Å². The van der Waals surface area contributed by atoms with E-state index in [1.165, 1.54) is 31.2 Å². The van der Waals surface area contributed by atoms with E-state index in [4.69, 9.17) is 17.2 Å². The minimum absolute atomic E-state index is 0.0836. The van der Waals surface area contributed by atoms with Gasteiger partial charge < -0.3 is 10.8 Å². The lowest BCUT2D eigenvalue weighted by Gasteiger charge is -2.04.